The van der Waals surface area contributed by atoms with Gasteiger partial charge >= 0.3 is 5.97 Å². The van der Waals surface area contributed by atoms with Crippen LogP contribution >= 0.6 is 15.9 Å². The molecule has 3 rings (SSSR count). The third-order valence-corrected chi connectivity index (χ3v) is 4.71. The molecule has 0 aliphatic carbocycles. The van der Waals surface area contributed by atoms with Crippen molar-refractivity contribution in [3.8, 4) is 5.75 Å². The van der Waals surface area contributed by atoms with Crippen molar-refractivity contribution < 1.29 is 9.53 Å². The summed E-state index contributed by atoms with van der Waals surface area (Å²) in [4.78, 5) is 12.6. The third kappa shape index (κ3) is 4.58. The van der Waals surface area contributed by atoms with Crippen molar-refractivity contribution in [2.24, 2.45) is 0 Å². The van der Waals surface area contributed by atoms with Crippen molar-refractivity contribution in [1.82, 2.24) is 0 Å². The van der Waals surface area contributed by atoms with Crippen LogP contribution in [0.2, 0.25) is 0 Å². The summed E-state index contributed by atoms with van der Waals surface area (Å²) in [5.74, 6) is 0.275. The first-order valence-electron chi connectivity index (χ1n) is 8.20. The smallest absolute Gasteiger partial charge is 0.312 e. The second kappa shape index (κ2) is 8.13. The number of halogens is 1. The Balaban J connectivity index is 1.82. The lowest BCUT2D eigenvalue weighted by Crippen LogP contribution is -2.14. The third-order valence-electron chi connectivity index (χ3n) is 4.09. The van der Waals surface area contributed by atoms with Crippen molar-refractivity contribution in [3.63, 3.8) is 0 Å². The average molecular weight is 395 g/mol. The van der Waals surface area contributed by atoms with Crippen molar-refractivity contribution in [2.75, 3.05) is 0 Å². The fourth-order valence-electron chi connectivity index (χ4n) is 2.82. The Kier molecular flexibility index (Phi) is 5.67. The van der Waals surface area contributed by atoms with Crippen LogP contribution in [-0.4, -0.2) is 5.97 Å². The predicted molar refractivity (Wildman–Crippen MR) is 104 cm³/mol. The van der Waals surface area contributed by atoms with E-state index in [1.54, 1.807) is 0 Å². The minimum atomic E-state index is -0.248. The Labute approximate surface area is 156 Å². The number of ether oxygens (including phenoxy) is 1. The number of carbonyl (C=O) groups is 1. The van der Waals surface area contributed by atoms with Gasteiger partial charge in [0.25, 0.3) is 0 Å². The van der Waals surface area contributed by atoms with E-state index in [0.29, 0.717) is 5.75 Å². The molecule has 0 heterocycles. The molecule has 0 saturated carbocycles. The van der Waals surface area contributed by atoms with E-state index in [1.165, 1.54) is 0 Å². The number of aryl methyl sites for hydroxylation is 1. The van der Waals surface area contributed by atoms with E-state index in [1.807, 2.05) is 85.8 Å². The number of benzene rings is 3. The number of rotatable bonds is 5. The quantitative estimate of drug-likeness (QED) is 0.398. The van der Waals surface area contributed by atoms with Gasteiger partial charge in [-0.3, -0.25) is 4.79 Å². The largest absolute Gasteiger partial charge is 0.425 e. The summed E-state index contributed by atoms with van der Waals surface area (Å²) in [6.07, 6.45) is 0.286. The van der Waals surface area contributed by atoms with Gasteiger partial charge in [0, 0.05) is 5.92 Å². The van der Waals surface area contributed by atoms with Crippen LogP contribution < -0.4 is 4.74 Å². The highest BCUT2D eigenvalue weighted by atomic mass is 79.9. The Hall–Kier alpha value is -2.39. The summed E-state index contributed by atoms with van der Waals surface area (Å²) in [5, 5.41) is 0. The van der Waals surface area contributed by atoms with Crippen LogP contribution in [0.1, 0.15) is 29.0 Å². The summed E-state index contributed by atoms with van der Waals surface area (Å²) >= 11 is 3.45. The van der Waals surface area contributed by atoms with Gasteiger partial charge in [0.05, 0.1) is 10.9 Å². The number of hydrogen-bond acceptors (Lipinski definition) is 2. The first kappa shape index (κ1) is 17.4. The lowest BCUT2D eigenvalue weighted by Gasteiger charge is -2.17. The second-order valence-electron chi connectivity index (χ2n) is 5.99. The van der Waals surface area contributed by atoms with Crippen LogP contribution in [0.4, 0.5) is 0 Å². The Morgan fingerprint density at radius 3 is 2.00 bits per heavy atom. The van der Waals surface area contributed by atoms with Gasteiger partial charge in [0.2, 0.25) is 0 Å². The predicted octanol–water partition coefficient (Wildman–Crippen LogP) is 5.89. The Bertz CT molecular complexity index is 805. The zero-order chi connectivity index (χ0) is 17.6. The van der Waals surface area contributed by atoms with Gasteiger partial charge in [-0.05, 0) is 51.7 Å². The summed E-state index contributed by atoms with van der Waals surface area (Å²) < 4.78 is 6.38. The summed E-state index contributed by atoms with van der Waals surface area (Å²) in [6.45, 7) is 2.00. The van der Waals surface area contributed by atoms with E-state index in [-0.39, 0.29) is 18.3 Å². The van der Waals surface area contributed by atoms with E-state index in [9.17, 15) is 4.79 Å². The average Bonchev–Trinajstić information content (AvgIpc) is 2.63. The van der Waals surface area contributed by atoms with Crippen LogP contribution in [0, 0.1) is 6.92 Å². The molecule has 0 radical (unpaired) electrons. The molecule has 0 atom stereocenters. The molecular formula is C22H19BrO2. The highest BCUT2D eigenvalue weighted by molar-refractivity contribution is 9.10. The van der Waals surface area contributed by atoms with E-state index in [2.05, 4.69) is 15.9 Å². The van der Waals surface area contributed by atoms with Crippen molar-refractivity contribution in [1.29, 1.82) is 0 Å². The molecule has 0 fully saturated rings. The SMILES string of the molecule is Cc1ccc(OC(=O)CC(c2ccccc2)c2ccccc2)c(Br)c1. The van der Waals surface area contributed by atoms with Gasteiger partial charge in [-0.15, -0.1) is 0 Å². The van der Waals surface area contributed by atoms with Crippen LogP contribution in [0.15, 0.2) is 83.3 Å². The van der Waals surface area contributed by atoms with Crippen LogP contribution in [-0.2, 0) is 4.79 Å². The maximum absolute atomic E-state index is 12.6. The van der Waals surface area contributed by atoms with Gasteiger partial charge in [-0.25, -0.2) is 0 Å². The van der Waals surface area contributed by atoms with Crippen molar-refractivity contribution in [2.45, 2.75) is 19.3 Å². The maximum Gasteiger partial charge on any atom is 0.312 e. The molecule has 0 spiro atoms. The molecule has 0 bridgehead atoms. The molecule has 0 aromatic heterocycles. The molecular weight excluding hydrogens is 376 g/mol. The lowest BCUT2D eigenvalue weighted by molar-refractivity contribution is -0.134. The topological polar surface area (TPSA) is 26.3 Å². The van der Waals surface area contributed by atoms with Crippen LogP contribution in [0.5, 0.6) is 5.75 Å². The molecule has 0 saturated heterocycles. The molecule has 25 heavy (non-hydrogen) atoms. The van der Waals surface area contributed by atoms with Gasteiger partial charge in [0.15, 0.2) is 0 Å². The monoisotopic (exact) mass is 394 g/mol. The first-order valence-corrected chi connectivity index (χ1v) is 8.99. The number of esters is 1. The summed E-state index contributed by atoms with van der Waals surface area (Å²) in [7, 11) is 0. The molecule has 126 valence electrons. The van der Waals surface area contributed by atoms with E-state index in [4.69, 9.17) is 4.74 Å². The molecule has 3 heteroatoms. The molecule has 0 unspecified atom stereocenters. The Morgan fingerprint density at radius 2 is 1.48 bits per heavy atom. The van der Waals surface area contributed by atoms with E-state index in [0.717, 1.165) is 21.2 Å². The highest BCUT2D eigenvalue weighted by Crippen LogP contribution is 2.30. The summed E-state index contributed by atoms with van der Waals surface area (Å²) in [5.41, 5.74) is 3.32. The van der Waals surface area contributed by atoms with Gasteiger partial charge < -0.3 is 4.74 Å². The zero-order valence-corrected chi connectivity index (χ0v) is 15.6. The minimum Gasteiger partial charge on any atom is -0.425 e. The second-order valence-corrected chi connectivity index (χ2v) is 6.84. The van der Waals surface area contributed by atoms with Gasteiger partial charge in [-0.2, -0.15) is 0 Å². The normalized spacial score (nSPS) is 10.7. The number of carbonyl (C=O) groups excluding carboxylic acids is 1. The lowest BCUT2D eigenvalue weighted by atomic mass is 9.89. The molecule has 2 nitrogen and oxygen atoms in total. The van der Waals surface area contributed by atoms with E-state index < -0.39 is 0 Å². The van der Waals surface area contributed by atoms with Crippen molar-refractivity contribution in [3.05, 3.63) is 100 Å². The summed E-state index contributed by atoms with van der Waals surface area (Å²) in [6, 6.07) is 25.8. The molecule has 0 N–H and O–H groups in total. The standard InChI is InChI=1S/C22H19BrO2/c1-16-12-13-21(20(23)14-16)25-22(24)15-19(17-8-4-2-5-9-17)18-10-6-3-7-11-18/h2-14,19H,15H2,1H3. The molecule has 0 amide bonds. The molecule has 3 aromatic rings. The van der Waals surface area contributed by atoms with E-state index >= 15 is 0 Å². The van der Waals surface area contributed by atoms with Crippen LogP contribution in [0.25, 0.3) is 0 Å². The van der Waals surface area contributed by atoms with Crippen LogP contribution in [0.3, 0.4) is 0 Å². The van der Waals surface area contributed by atoms with Gasteiger partial charge in [0.1, 0.15) is 5.75 Å². The zero-order valence-electron chi connectivity index (χ0n) is 14.0. The van der Waals surface area contributed by atoms with Crippen molar-refractivity contribution >= 4 is 21.9 Å². The first-order chi connectivity index (χ1) is 12.1. The minimum absolute atomic E-state index is 0.0286. The fourth-order valence-corrected chi connectivity index (χ4v) is 3.39. The highest BCUT2D eigenvalue weighted by Gasteiger charge is 2.20. The molecule has 0 aliphatic heterocycles. The molecule has 0 aliphatic rings. The molecule has 3 aromatic carbocycles. The maximum atomic E-state index is 12.6. The number of hydrogen-bond donors (Lipinski definition) is 0. The Morgan fingerprint density at radius 1 is 0.920 bits per heavy atom. The fraction of sp³-hybridized carbons (Fsp3) is 0.136. The van der Waals surface area contributed by atoms with Gasteiger partial charge in [-0.1, -0.05) is 66.7 Å².